The van der Waals surface area contributed by atoms with Gasteiger partial charge in [-0.1, -0.05) is 23.7 Å². The highest BCUT2D eigenvalue weighted by atomic mass is 35.5. The van der Waals surface area contributed by atoms with Gasteiger partial charge in [-0.2, -0.15) is 5.26 Å². The molecule has 0 aliphatic carbocycles. The largest absolute Gasteiger partial charge is 0.494 e. The number of rotatable bonds is 5. The molecular weight excluding hydrogens is 306 g/mol. The van der Waals surface area contributed by atoms with Gasteiger partial charge >= 0.3 is 0 Å². The zero-order chi connectivity index (χ0) is 15.4. The molecule has 1 heterocycles. The van der Waals surface area contributed by atoms with Crippen molar-refractivity contribution in [2.45, 2.75) is 19.8 Å². The smallest absolute Gasteiger partial charge is 0.195 e. The van der Waals surface area contributed by atoms with E-state index < -0.39 is 5.92 Å². The van der Waals surface area contributed by atoms with Crippen LogP contribution in [-0.2, 0) is 0 Å². The summed E-state index contributed by atoms with van der Waals surface area (Å²) in [7, 11) is 0. The Labute approximate surface area is 132 Å². The average Bonchev–Trinajstić information content (AvgIpc) is 2.82. The van der Waals surface area contributed by atoms with Crippen molar-refractivity contribution in [3.05, 3.63) is 50.7 Å². The average molecular weight is 320 g/mol. The fourth-order valence-corrected chi connectivity index (χ4v) is 3.19. The first-order valence-electron chi connectivity index (χ1n) is 6.48. The first kappa shape index (κ1) is 15.6. The molecule has 0 aliphatic rings. The maximum absolute atomic E-state index is 12.5. The lowest BCUT2D eigenvalue weighted by atomic mass is 9.95. The van der Waals surface area contributed by atoms with Gasteiger partial charge in [0.1, 0.15) is 11.7 Å². The zero-order valence-corrected chi connectivity index (χ0v) is 13.3. The molecule has 2 aromatic rings. The number of ether oxygens (including phenoxy) is 1. The van der Waals surface area contributed by atoms with E-state index in [1.165, 1.54) is 11.3 Å². The van der Waals surface area contributed by atoms with Crippen LogP contribution in [0.25, 0.3) is 0 Å². The van der Waals surface area contributed by atoms with E-state index in [0.717, 1.165) is 11.3 Å². The van der Waals surface area contributed by atoms with Gasteiger partial charge in [0.05, 0.1) is 22.6 Å². The fourth-order valence-electron chi connectivity index (χ4n) is 1.93. The third kappa shape index (κ3) is 3.26. The number of benzene rings is 1. The zero-order valence-electron chi connectivity index (χ0n) is 11.7. The van der Waals surface area contributed by atoms with Crippen LogP contribution < -0.4 is 4.74 Å². The van der Waals surface area contributed by atoms with Gasteiger partial charge in [-0.15, -0.1) is 11.3 Å². The highest BCUT2D eigenvalue weighted by molar-refractivity contribution is 7.13. The molecule has 0 saturated carbocycles. The summed E-state index contributed by atoms with van der Waals surface area (Å²) in [5.41, 5.74) is 1.50. The molecule has 1 aromatic carbocycles. The molecule has 3 nitrogen and oxygen atoms in total. The lowest BCUT2D eigenvalue weighted by Gasteiger charge is -2.09. The standard InChI is InChI=1S/C16H14ClNO2S/c1-3-20-12-6-4-11(5-7-12)13(8-18)15(19)16-14(17)10(2)9-21-16/h4-7,9,13H,3H2,1-2H3. The topological polar surface area (TPSA) is 50.1 Å². The summed E-state index contributed by atoms with van der Waals surface area (Å²) in [5.74, 6) is -0.392. The SMILES string of the molecule is CCOc1ccc(C(C#N)C(=O)c2scc(C)c2Cl)cc1. The van der Waals surface area contributed by atoms with Crippen LogP contribution in [0.4, 0.5) is 0 Å². The molecule has 0 bridgehead atoms. The van der Waals surface area contributed by atoms with Gasteiger partial charge in [0.15, 0.2) is 5.78 Å². The molecular formula is C16H14ClNO2S. The molecule has 0 fully saturated rings. The molecule has 1 atom stereocenters. The molecule has 108 valence electrons. The van der Waals surface area contributed by atoms with Crippen molar-refractivity contribution in [1.29, 1.82) is 5.26 Å². The lowest BCUT2D eigenvalue weighted by Crippen LogP contribution is -2.10. The maximum atomic E-state index is 12.5. The molecule has 1 aromatic heterocycles. The van der Waals surface area contributed by atoms with E-state index in [1.807, 2.05) is 19.2 Å². The van der Waals surface area contributed by atoms with Crippen LogP contribution in [0.1, 0.15) is 33.6 Å². The Morgan fingerprint density at radius 2 is 2.10 bits per heavy atom. The van der Waals surface area contributed by atoms with Gasteiger partial charge in [0, 0.05) is 0 Å². The van der Waals surface area contributed by atoms with E-state index in [0.29, 0.717) is 22.1 Å². The summed E-state index contributed by atoms with van der Waals surface area (Å²) < 4.78 is 5.35. The number of halogens is 1. The molecule has 5 heteroatoms. The predicted molar refractivity (Wildman–Crippen MR) is 84.4 cm³/mol. The van der Waals surface area contributed by atoms with E-state index in [4.69, 9.17) is 16.3 Å². The van der Waals surface area contributed by atoms with Crippen LogP contribution >= 0.6 is 22.9 Å². The minimum Gasteiger partial charge on any atom is -0.494 e. The van der Waals surface area contributed by atoms with Crippen LogP contribution in [0.3, 0.4) is 0 Å². The molecule has 0 spiro atoms. The van der Waals surface area contributed by atoms with Crippen molar-refractivity contribution in [2.75, 3.05) is 6.61 Å². The number of hydrogen-bond acceptors (Lipinski definition) is 4. The van der Waals surface area contributed by atoms with E-state index in [9.17, 15) is 10.1 Å². The Morgan fingerprint density at radius 3 is 2.57 bits per heavy atom. The molecule has 0 N–H and O–H groups in total. The van der Waals surface area contributed by atoms with Gasteiger partial charge in [0.2, 0.25) is 0 Å². The number of nitriles is 1. The highest BCUT2D eigenvalue weighted by Crippen LogP contribution is 2.32. The van der Waals surface area contributed by atoms with Crippen molar-refractivity contribution in [2.24, 2.45) is 0 Å². The Morgan fingerprint density at radius 1 is 1.43 bits per heavy atom. The van der Waals surface area contributed by atoms with Gasteiger partial charge in [-0.25, -0.2) is 0 Å². The van der Waals surface area contributed by atoms with Crippen LogP contribution in [0.2, 0.25) is 5.02 Å². The summed E-state index contributed by atoms with van der Waals surface area (Å²) in [4.78, 5) is 12.9. The normalized spacial score (nSPS) is 11.7. The number of hydrogen-bond donors (Lipinski definition) is 0. The van der Waals surface area contributed by atoms with E-state index in [2.05, 4.69) is 6.07 Å². The van der Waals surface area contributed by atoms with Gasteiger partial charge in [0.25, 0.3) is 0 Å². The van der Waals surface area contributed by atoms with Gasteiger partial charge in [-0.05, 0) is 42.5 Å². The second kappa shape index (κ2) is 6.75. The molecule has 0 saturated heterocycles. The number of nitrogens with zero attached hydrogens (tertiary/aromatic N) is 1. The predicted octanol–water partition coefficient (Wildman–Crippen LogP) is 4.60. The summed E-state index contributed by atoms with van der Waals surface area (Å²) >= 11 is 7.40. The number of ketones is 1. The van der Waals surface area contributed by atoms with E-state index >= 15 is 0 Å². The molecule has 1 unspecified atom stereocenters. The number of aryl methyl sites for hydroxylation is 1. The second-order valence-electron chi connectivity index (χ2n) is 4.49. The first-order valence-corrected chi connectivity index (χ1v) is 7.74. The van der Waals surface area contributed by atoms with Crippen molar-refractivity contribution in [3.63, 3.8) is 0 Å². The van der Waals surface area contributed by atoms with Crippen LogP contribution in [0, 0.1) is 18.3 Å². The van der Waals surface area contributed by atoms with E-state index in [1.54, 1.807) is 24.3 Å². The van der Waals surface area contributed by atoms with Crippen molar-refractivity contribution >= 4 is 28.7 Å². The number of thiophene rings is 1. The summed E-state index contributed by atoms with van der Waals surface area (Å²) in [6.07, 6.45) is 0. The first-order chi connectivity index (χ1) is 10.1. The van der Waals surface area contributed by atoms with Gasteiger partial charge < -0.3 is 4.74 Å². The molecule has 0 aliphatic heterocycles. The van der Waals surface area contributed by atoms with Crippen molar-refractivity contribution in [3.8, 4) is 11.8 Å². The van der Waals surface area contributed by atoms with Crippen LogP contribution in [-0.4, -0.2) is 12.4 Å². The third-order valence-corrected chi connectivity index (χ3v) is 4.75. The summed E-state index contributed by atoms with van der Waals surface area (Å²) in [5, 5.41) is 11.6. The Kier molecular flexibility index (Phi) is 5.00. The fraction of sp³-hybridized carbons (Fsp3) is 0.250. The third-order valence-electron chi connectivity index (χ3n) is 3.04. The molecule has 0 radical (unpaired) electrons. The Hall–Kier alpha value is -1.83. The van der Waals surface area contributed by atoms with Crippen LogP contribution in [0.15, 0.2) is 29.6 Å². The van der Waals surface area contributed by atoms with Crippen molar-refractivity contribution in [1.82, 2.24) is 0 Å². The monoisotopic (exact) mass is 319 g/mol. The maximum Gasteiger partial charge on any atom is 0.195 e. The van der Waals surface area contributed by atoms with Crippen LogP contribution in [0.5, 0.6) is 5.75 Å². The molecule has 2 rings (SSSR count). The quantitative estimate of drug-likeness (QED) is 0.757. The second-order valence-corrected chi connectivity index (χ2v) is 5.75. The minimum absolute atomic E-state index is 0.259. The molecule has 21 heavy (non-hydrogen) atoms. The number of carbonyl (C=O) groups is 1. The highest BCUT2D eigenvalue weighted by Gasteiger charge is 2.25. The van der Waals surface area contributed by atoms with Crippen molar-refractivity contribution < 1.29 is 9.53 Å². The minimum atomic E-state index is -0.851. The number of Topliss-reactive ketones (excluding diaryl/α,β-unsaturated/α-hetero) is 1. The molecule has 0 amide bonds. The Bertz CT molecular complexity index is 685. The number of carbonyl (C=O) groups excluding carboxylic acids is 1. The Balaban J connectivity index is 2.29. The summed E-state index contributed by atoms with van der Waals surface area (Å²) in [6.45, 7) is 4.31. The summed E-state index contributed by atoms with van der Waals surface area (Å²) in [6, 6.07) is 9.07. The van der Waals surface area contributed by atoms with E-state index in [-0.39, 0.29) is 5.78 Å². The van der Waals surface area contributed by atoms with Gasteiger partial charge in [-0.3, -0.25) is 4.79 Å². The lowest BCUT2D eigenvalue weighted by molar-refractivity contribution is 0.0983.